The minimum Gasteiger partial charge on any atom is -0.394 e. The molecule has 0 aliphatic carbocycles. The predicted molar refractivity (Wildman–Crippen MR) is 49.8 cm³/mol. The molecule has 2 nitrogen and oxygen atoms in total. The number of nitrogens with two attached hydrogens (primary N) is 1. The summed E-state index contributed by atoms with van der Waals surface area (Å²) in [5.41, 5.74) is 7.40. The lowest BCUT2D eigenvalue weighted by Gasteiger charge is -2.24. The van der Waals surface area contributed by atoms with Crippen LogP contribution in [0, 0.1) is 6.92 Å². The van der Waals surface area contributed by atoms with Gasteiger partial charge in [0.05, 0.1) is 12.1 Å². The van der Waals surface area contributed by atoms with Gasteiger partial charge in [-0.05, 0) is 25.0 Å². The topological polar surface area (TPSA) is 46.2 Å². The lowest BCUT2D eigenvalue weighted by molar-refractivity contribution is 0.209. The average molecular weight is 165 g/mol. The summed E-state index contributed by atoms with van der Waals surface area (Å²) in [4.78, 5) is 0. The minimum atomic E-state index is -0.620. The van der Waals surface area contributed by atoms with E-state index < -0.39 is 5.54 Å². The molecule has 2 heteroatoms. The zero-order valence-corrected chi connectivity index (χ0v) is 7.54. The summed E-state index contributed by atoms with van der Waals surface area (Å²) in [5, 5.41) is 9.05. The number of benzene rings is 1. The van der Waals surface area contributed by atoms with Crippen LogP contribution in [-0.2, 0) is 5.54 Å². The Balaban J connectivity index is 3.10. The van der Waals surface area contributed by atoms with Crippen LogP contribution in [0.3, 0.4) is 0 Å². The Labute approximate surface area is 73.0 Å². The quantitative estimate of drug-likeness (QED) is 0.690. The number of aliphatic hydroxyl groups is 1. The number of hydrogen-bond donors (Lipinski definition) is 2. The van der Waals surface area contributed by atoms with Gasteiger partial charge in [0.25, 0.3) is 0 Å². The van der Waals surface area contributed by atoms with E-state index in [9.17, 15) is 0 Å². The van der Waals surface area contributed by atoms with Crippen molar-refractivity contribution in [2.75, 3.05) is 6.61 Å². The van der Waals surface area contributed by atoms with Gasteiger partial charge in [-0.3, -0.25) is 0 Å². The molecule has 1 atom stereocenters. The molecule has 66 valence electrons. The molecule has 1 aromatic rings. The minimum absolute atomic E-state index is 0.0299. The first-order valence-corrected chi connectivity index (χ1v) is 4.04. The molecule has 0 bridgehead atoms. The lowest BCUT2D eigenvalue weighted by atomic mass is 9.90. The summed E-state index contributed by atoms with van der Waals surface area (Å²) in [6, 6.07) is 7.84. The van der Waals surface area contributed by atoms with Crippen LogP contribution in [0.1, 0.15) is 18.1 Å². The van der Waals surface area contributed by atoms with E-state index in [2.05, 4.69) is 0 Å². The monoisotopic (exact) mass is 165 g/mol. The molecule has 3 N–H and O–H groups in total. The molecule has 1 aromatic carbocycles. The Morgan fingerprint density at radius 1 is 1.42 bits per heavy atom. The smallest absolute Gasteiger partial charge is 0.0650 e. The molecule has 0 radical (unpaired) electrons. The summed E-state index contributed by atoms with van der Waals surface area (Å²) >= 11 is 0. The first kappa shape index (κ1) is 9.23. The number of hydrogen-bond acceptors (Lipinski definition) is 2. The molecule has 0 fully saturated rings. The highest BCUT2D eigenvalue weighted by molar-refractivity contribution is 5.31. The van der Waals surface area contributed by atoms with Crippen LogP contribution < -0.4 is 5.73 Å². The van der Waals surface area contributed by atoms with Crippen LogP contribution >= 0.6 is 0 Å². The average Bonchev–Trinajstić information content (AvgIpc) is 2.05. The van der Waals surface area contributed by atoms with Crippen LogP contribution in [0.25, 0.3) is 0 Å². The third-order valence-electron chi connectivity index (χ3n) is 2.09. The van der Waals surface area contributed by atoms with E-state index in [0.717, 1.165) is 11.1 Å². The summed E-state index contributed by atoms with van der Waals surface area (Å²) < 4.78 is 0. The number of aryl methyl sites for hydroxylation is 1. The second-order valence-corrected chi connectivity index (χ2v) is 3.39. The highest BCUT2D eigenvalue weighted by atomic mass is 16.3. The Kier molecular flexibility index (Phi) is 2.50. The van der Waals surface area contributed by atoms with Gasteiger partial charge >= 0.3 is 0 Å². The maximum Gasteiger partial charge on any atom is 0.0650 e. The van der Waals surface area contributed by atoms with Crippen molar-refractivity contribution in [2.24, 2.45) is 5.73 Å². The second-order valence-electron chi connectivity index (χ2n) is 3.39. The molecule has 0 heterocycles. The van der Waals surface area contributed by atoms with Crippen LogP contribution in [0.5, 0.6) is 0 Å². The van der Waals surface area contributed by atoms with Gasteiger partial charge in [-0.1, -0.05) is 24.3 Å². The highest BCUT2D eigenvalue weighted by Gasteiger charge is 2.20. The molecule has 0 aliphatic rings. The molecule has 0 amide bonds. The molecule has 0 saturated heterocycles. The molecule has 0 saturated carbocycles. The van der Waals surface area contributed by atoms with Gasteiger partial charge in [0.15, 0.2) is 0 Å². The van der Waals surface area contributed by atoms with Gasteiger partial charge in [-0.15, -0.1) is 0 Å². The largest absolute Gasteiger partial charge is 0.394 e. The standard InChI is InChI=1S/C10H15NO/c1-8-5-3-4-6-9(8)10(2,11)7-12/h3-6,12H,7,11H2,1-2H3/t10-/m1/s1. The van der Waals surface area contributed by atoms with Crippen LogP contribution in [0.15, 0.2) is 24.3 Å². The number of aliphatic hydroxyl groups excluding tert-OH is 1. The molecular formula is C10H15NO. The van der Waals surface area contributed by atoms with E-state index in [-0.39, 0.29) is 6.61 Å². The fourth-order valence-corrected chi connectivity index (χ4v) is 1.30. The van der Waals surface area contributed by atoms with E-state index in [1.807, 2.05) is 38.1 Å². The van der Waals surface area contributed by atoms with E-state index in [1.165, 1.54) is 0 Å². The third-order valence-corrected chi connectivity index (χ3v) is 2.09. The Morgan fingerprint density at radius 2 is 2.00 bits per heavy atom. The van der Waals surface area contributed by atoms with E-state index in [0.29, 0.717) is 0 Å². The van der Waals surface area contributed by atoms with Crippen LogP contribution in [0.2, 0.25) is 0 Å². The zero-order valence-electron chi connectivity index (χ0n) is 7.54. The molecule has 0 unspecified atom stereocenters. The van der Waals surface area contributed by atoms with Gasteiger partial charge in [-0.2, -0.15) is 0 Å². The molecule has 12 heavy (non-hydrogen) atoms. The fourth-order valence-electron chi connectivity index (χ4n) is 1.30. The number of rotatable bonds is 2. The van der Waals surface area contributed by atoms with Gasteiger partial charge in [0.2, 0.25) is 0 Å². The second kappa shape index (κ2) is 3.25. The van der Waals surface area contributed by atoms with Gasteiger partial charge in [-0.25, -0.2) is 0 Å². The van der Waals surface area contributed by atoms with Crippen molar-refractivity contribution in [1.29, 1.82) is 0 Å². The van der Waals surface area contributed by atoms with Crippen LogP contribution in [0.4, 0.5) is 0 Å². The fraction of sp³-hybridized carbons (Fsp3) is 0.400. The van der Waals surface area contributed by atoms with Crippen molar-refractivity contribution in [3.8, 4) is 0 Å². The van der Waals surface area contributed by atoms with Crippen molar-refractivity contribution < 1.29 is 5.11 Å². The van der Waals surface area contributed by atoms with Gasteiger partial charge in [0.1, 0.15) is 0 Å². The van der Waals surface area contributed by atoms with E-state index >= 15 is 0 Å². The summed E-state index contributed by atoms with van der Waals surface area (Å²) in [6.45, 7) is 3.79. The zero-order chi connectivity index (χ0) is 9.19. The van der Waals surface area contributed by atoms with Crippen molar-refractivity contribution in [3.63, 3.8) is 0 Å². The van der Waals surface area contributed by atoms with Crippen LogP contribution in [-0.4, -0.2) is 11.7 Å². The molecular weight excluding hydrogens is 150 g/mol. The van der Waals surface area contributed by atoms with E-state index in [4.69, 9.17) is 10.8 Å². The highest BCUT2D eigenvalue weighted by Crippen LogP contribution is 2.20. The van der Waals surface area contributed by atoms with E-state index in [1.54, 1.807) is 0 Å². The van der Waals surface area contributed by atoms with Gasteiger partial charge < -0.3 is 10.8 Å². The molecule has 0 spiro atoms. The Morgan fingerprint density at radius 3 is 2.50 bits per heavy atom. The van der Waals surface area contributed by atoms with Crippen molar-refractivity contribution in [2.45, 2.75) is 19.4 Å². The van der Waals surface area contributed by atoms with Gasteiger partial charge in [0, 0.05) is 0 Å². The molecule has 1 rings (SSSR count). The maximum absolute atomic E-state index is 9.05. The summed E-state index contributed by atoms with van der Waals surface area (Å²) in [7, 11) is 0. The van der Waals surface area contributed by atoms with Crippen molar-refractivity contribution in [3.05, 3.63) is 35.4 Å². The SMILES string of the molecule is Cc1ccccc1[C@](C)(N)CO. The Bertz CT molecular complexity index is 268. The maximum atomic E-state index is 9.05. The third kappa shape index (κ3) is 1.65. The van der Waals surface area contributed by atoms with Crippen molar-refractivity contribution >= 4 is 0 Å². The first-order valence-electron chi connectivity index (χ1n) is 4.04. The Hall–Kier alpha value is -0.860. The summed E-state index contributed by atoms with van der Waals surface area (Å²) in [6.07, 6.45) is 0. The molecule has 0 aromatic heterocycles. The van der Waals surface area contributed by atoms with Crippen molar-refractivity contribution in [1.82, 2.24) is 0 Å². The first-order chi connectivity index (χ1) is 5.58. The normalized spacial score (nSPS) is 15.7. The predicted octanol–water partition coefficient (Wildman–Crippen LogP) is 1.16. The lowest BCUT2D eigenvalue weighted by Crippen LogP contribution is -2.37. The summed E-state index contributed by atoms with van der Waals surface area (Å²) in [5.74, 6) is 0. The molecule has 0 aliphatic heterocycles.